The molecular formula is C14H18INO. The van der Waals surface area contributed by atoms with Crippen LogP contribution >= 0.6 is 22.6 Å². The Bertz CT molecular complexity index is 368. The molecule has 0 unspecified atom stereocenters. The smallest absolute Gasteiger partial charge is 0.137 e. The molecule has 1 heterocycles. The van der Waals surface area contributed by atoms with Gasteiger partial charge in [-0.25, -0.2) is 0 Å². The van der Waals surface area contributed by atoms with Gasteiger partial charge in [0, 0.05) is 16.4 Å². The molecule has 1 aliphatic heterocycles. The number of rotatable bonds is 4. The number of halogens is 1. The Balaban J connectivity index is 1.82. The predicted molar refractivity (Wildman–Crippen MR) is 78.1 cm³/mol. The lowest BCUT2D eigenvalue weighted by Gasteiger charge is -2.21. The Kier molecular flexibility index (Phi) is 4.98. The van der Waals surface area contributed by atoms with Crippen LogP contribution in [0, 0.1) is 9.49 Å². The molecule has 1 aromatic carbocycles. The minimum absolute atomic E-state index is 0.387. The van der Waals surface area contributed by atoms with Crippen molar-refractivity contribution in [3.63, 3.8) is 0 Å². The molecule has 0 saturated carbocycles. The van der Waals surface area contributed by atoms with Crippen LogP contribution in [0.2, 0.25) is 0 Å². The Hall–Kier alpha value is -0.420. The third-order valence-corrected chi connectivity index (χ3v) is 4.01. The number of Topliss-reactive ketones (excluding diaryl/α,β-unsaturated/α-hetero) is 1. The summed E-state index contributed by atoms with van der Waals surface area (Å²) in [4.78, 5) is 11.9. The number of hydrogen-bond donors (Lipinski definition) is 1. The van der Waals surface area contributed by atoms with E-state index in [9.17, 15) is 4.79 Å². The lowest BCUT2D eigenvalue weighted by Crippen LogP contribution is -2.29. The zero-order valence-electron chi connectivity index (χ0n) is 9.92. The van der Waals surface area contributed by atoms with Crippen molar-refractivity contribution in [2.75, 3.05) is 13.1 Å². The highest BCUT2D eigenvalue weighted by atomic mass is 127. The molecule has 3 heteroatoms. The molecule has 2 rings (SSSR count). The number of carbonyl (C=O) groups is 1. The van der Waals surface area contributed by atoms with Crippen LogP contribution in [-0.4, -0.2) is 18.9 Å². The molecular weight excluding hydrogens is 325 g/mol. The van der Waals surface area contributed by atoms with E-state index in [1.54, 1.807) is 0 Å². The van der Waals surface area contributed by atoms with Gasteiger partial charge in [0.1, 0.15) is 5.78 Å². The second kappa shape index (κ2) is 6.50. The average Bonchev–Trinajstić information content (AvgIpc) is 2.33. The fraction of sp³-hybridized carbons (Fsp3) is 0.500. The van der Waals surface area contributed by atoms with Crippen molar-refractivity contribution >= 4 is 28.4 Å². The van der Waals surface area contributed by atoms with Crippen LogP contribution in [0.4, 0.5) is 0 Å². The Morgan fingerprint density at radius 1 is 1.24 bits per heavy atom. The summed E-state index contributed by atoms with van der Waals surface area (Å²) in [5, 5.41) is 3.33. The lowest BCUT2D eigenvalue weighted by molar-refractivity contribution is -0.119. The Labute approximate surface area is 116 Å². The number of ketones is 1. The summed E-state index contributed by atoms with van der Waals surface area (Å²) in [5.74, 6) is 0.991. The first kappa shape index (κ1) is 13.0. The quantitative estimate of drug-likeness (QED) is 0.852. The summed E-state index contributed by atoms with van der Waals surface area (Å²) >= 11 is 2.28. The maximum Gasteiger partial charge on any atom is 0.137 e. The zero-order chi connectivity index (χ0) is 12.1. The van der Waals surface area contributed by atoms with E-state index in [4.69, 9.17) is 0 Å². The monoisotopic (exact) mass is 343 g/mol. The van der Waals surface area contributed by atoms with Gasteiger partial charge in [-0.3, -0.25) is 4.79 Å². The van der Waals surface area contributed by atoms with Crippen molar-refractivity contribution in [2.45, 2.75) is 25.7 Å². The van der Waals surface area contributed by atoms with Crippen molar-refractivity contribution in [3.8, 4) is 0 Å². The summed E-state index contributed by atoms with van der Waals surface area (Å²) in [5.41, 5.74) is 1.14. The van der Waals surface area contributed by atoms with E-state index < -0.39 is 0 Å². The van der Waals surface area contributed by atoms with E-state index in [0.29, 0.717) is 18.1 Å². The predicted octanol–water partition coefficient (Wildman–Crippen LogP) is 2.79. The van der Waals surface area contributed by atoms with Crippen LogP contribution in [0.3, 0.4) is 0 Å². The topological polar surface area (TPSA) is 29.1 Å². The molecule has 1 aliphatic rings. The number of nitrogens with one attached hydrogen (secondary N) is 1. The molecule has 1 fully saturated rings. The molecule has 0 radical (unpaired) electrons. The van der Waals surface area contributed by atoms with E-state index in [-0.39, 0.29) is 0 Å². The number of hydrogen-bond acceptors (Lipinski definition) is 2. The van der Waals surface area contributed by atoms with Gasteiger partial charge in [0.15, 0.2) is 0 Å². The summed E-state index contributed by atoms with van der Waals surface area (Å²) in [6.07, 6.45) is 3.66. The number of carbonyl (C=O) groups excluding carboxylic acids is 1. The molecule has 0 amide bonds. The maximum absolute atomic E-state index is 11.9. The van der Waals surface area contributed by atoms with Gasteiger partial charge in [-0.15, -0.1) is 0 Å². The van der Waals surface area contributed by atoms with Crippen LogP contribution in [0.1, 0.15) is 24.8 Å². The molecule has 0 bridgehead atoms. The van der Waals surface area contributed by atoms with E-state index >= 15 is 0 Å². The third kappa shape index (κ3) is 4.39. The Morgan fingerprint density at radius 2 is 1.88 bits per heavy atom. The summed E-state index contributed by atoms with van der Waals surface area (Å²) < 4.78 is 1.22. The molecule has 0 aliphatic carbocycles. The average molecular weight is 343 g/mol. The molecule has 92 valence electrons. The summed E-state index contributed by atoms with van der Waals surface area (Å²) in [6.45, 7) is 2.14. The largest absolute Gasteiger partial charge is 0.317 e. The normalized spacial score (nSPS) is 17.0. The van der Waals surface area contributed by atoms with Crippen LogP contribution < -0.4 is 5.32 Å². The molecule has 0 spiro atoms. The van der Waals surface area contributed by atoms with Crippen molar-refractivity contribution in [2.24, 2.45) is 5.92 Å². The maximum atomic E-state index is 11.9. The van der Waals surface area contributed by atoms with Gasteiger partial charge in [0.25, 0.3) is 0 Å². The molecule has 2 nitrogen and oxygen atoms in total. The van der Waals surface area contributed by atoms with Gasteiger partial charge in [-0.1, -0.05) is 12.1 Å². The Morgan fingerprint density at radius 3 is 2.53 bits per heavy atom. The fourth-order valence-electron chi connectivity index (χ4n) is 2.31. The lowest BCUT2D eigenvalue weighted by atomic mass is 9.91. The molecule has 0 aromatic heterocycles. The van der Waals surface area contributed by atoms with Crippen LogP contribution in [0.5, 0.6) is 0 Å². The van der Waals surface area contributed by atoms with Crippen LogP contribution in [-0.2, 0) is 11.2 Å². The molecule has 0 atom stereocenters. The molecule has 1 saturated heterocycles. The number of piperidine rings is 1. The third-order valence-electron chi connectivity index (χ3n) is 3.29. The van der Waals surface area contributed by atoms with Crippen molar-refractivity contribution in [1.29, 1.82) is 0 Å². The van der Waals surface area contributed by atoms with Gasteiger partial charge in [-0.2, -0.15) is 0 Å². The van der Waals surface area contributed by atoms with Gasteiger partial charge in [0.2, 0.25) is 0 Å². The molecule has 17 heavy (non-hydrogen) atoms. The minimum Gasteiger partial charge on any atom is -0.317 e. The zero-order valence-corrected chi connectivity index (χ0v) is 12.1. The van der Waals surface area contributed by atoms with E-state index in [0.717, 1.165) is 37.9 Å². The first-order valence-corrected chi connectivity index (χ1v) is 7.29. The van der Waals surface area contributed by atoms with Gasteiger partial charge in [-0.05, 0) is 72.1 Å². The van der Waals surface area contributed by atoms with E-state index in [1.807, 2.05) is 0 Å². The molecule has 1 N–H and O–H groups in total. The highest BCUT2D eigenvalue weighted by Crippen LogP contribution is 2.17. The van der Waals surface area contributed by atoms with Gasteiger partial charge in [0.05, 0.1) is 0 Å². The SMILES string of the molecule is O=C(Cc1ccc(I)cc1)CC1CCNCC1. The minimum atomic E-state index is 0.387. The van der Waals surface area contributed by atoms with Gasteiger partial charge >= 0.3 is 0 Å². The van der Waals surface area contributed by atoms with Crippen molar-refractivity contribution in [3.05, 3.63) is 33.4 Å². The number of benzene rings is 1. The van der Waals surface area contributed by atoms with Crippen LogP contribution in [0.25, 0.3) is 0 Å². The summed E-state index contributed by atoms with van der Waals surface area (Å²) in [6, 6.07) is 8.24. The second-order valence-electron chi connectivity index (χ2n) is 4.74. The van der Waals surface area contributed by atoms with E-state index in [1.165, 1.54) is 3.57 Å². The second-order valence-corrected chi connectivity index (χ2v) is 5.99. The first-order chi connectivity index (χ1) is 8.24. The first-order valence-electron chi connectivity index (χ1n) is 6.21. The summed E-state index contributed by atoms with van der Waals surface area (Å²) in [7, 11) is 0. The highest BCUT2D eigenvalue weighted by Gasteiger charge is 2.16. The van der Waals surface area contributed by atoms with Crippen LogP contribution in [0.15, 0.2) is 24.3 Å². The van der Waals surface area contributed by atoms with E-state index in [2.05, 4.69) is 52.2 Å². The van der Waals surface area contributed by atoms with Gasteiger partial charge < -0.3 is 5.32 Å². The highest BCUT2D eigenvalue weighted by molar-refractivity contribution is 14.1. The van der Waals surface area contributed by atoms with Crippen molar-refractivity contribution < 1.29 is 4.79 Å². The fourth-order valence-corrected chi connectivity index (χ4v) is 2.67. The standard InChI is InChI=1S/C14H18INO/c15-13-3-1-11(2-4-13)9-14(17)10-12-5-7-16-8-6-12/h1-4,12,16H,5-10H2. The molecule has 1 aromatic rings. The van der Waals surface area contributed by atoms with Crippen molar-refractivity contribution in [1.82, 2.24) is 5.32 Å².